The second-order valence-electron chi connectivity index (χ2n) is 6.79. The van der Waals surface area contributed by atoms with E-state index in [9.17, 15) is 9.59 Å². The number of ether oxygens (including phenoxy) is 1. The lowest BCUT2D eigenvalue weighted by Gasteiger charge is -2.22. The zero-order valence-corrected chi connectivity index (χ0v) is 14.3. The molecule has 6 heteroatoms. The minimum atomic E-state index is -0.234. The van der Waals surface area contributed by atoms with E-state index in [1.165, 1.54) is 6.07 Å². The molecule has 0 spiro atoms. The van der Waals surface area contributed by atoms with Gasteiger partial charge in [-0.25, -0.2) is 4.79 Å². The molecule has 25 heavy (non-hydrogen) atoms. The van der Waals surface area contributed by atoms with Crippen LogP contribution in [0.5, 0.6) is 0 Å². The van der Waals surface area contributed by atoms with Gasteiger partial charge >= 0.3 is 6.03 Å². The highest BCUT2D eigenvalue weighted by Gasteiger charge is 2.29. The summed E-state index contributed by atoms with van der Waals surface area (Å²) in [6, 6.07) is 12.3. The number of carbonyl (C=O) groups is 1. The molecule has 2 amide bonds. The molecule has 0 aliphatic carbocycles. The van der Waals surface area contributed by atoms with Gasteiger partial charge in [0.1, 0.15) is 0 Å². The van der Waals surface area contributed by atoms with E-state index in [1.807, 2.05) is 30.3 Å². The third kappa shape index (κ3) is 4.70. The highest BCUT2D eigenvalue weighted by Crippen LogP contribution is 2.26. The van der Waals surface area contributed by atoms with Crippen LogP contribution in [0.1, 0.15) is 18.9 Å². The van der Waals surface area contributed by atoms with Gasteiger partial charge in [-0.1, -0.05) is 25.1 Å². The largest absolute Gasteiger partial charge is 0.381 e. The lowest BCUT2D eigenvalue weighted by atomic mass is 9.90. The Kier molecular flexibility index (Phi) is 5.19. The Morgan fingerprint density at radius 1 is 1.28 bits per heavy atom. The van der Waals surface area contributed by atoms with Crippen LogP contribution >= 0.6 is 0 Å². The SMILES string of the molecule is CC1(CNC(=O)Nc2cccc(Cn3ccccc3=O)c2)CCOC1. The van der Waals surface area contributed by atoms with Crippen LogP contribution in [0.3, 0.4) is 0 Å². The zero-order valence-electron chi connectivity index (χ0n) is 14.3. The fourth-order valence-corrected chi connectivity index (χ4v) is 2.85. The minimum Gasteiger partial charge on any atom is -0.381 e. The maximum Gasteiger partial charge on any atom is 0.319 e. The molecule has 3 rings (SSSR count). The van der Waals surface area contributed by atoms with Gasteiger partial charge in [-0.05, 0) is 30.2 Å². The van der Waals surface area contributed by atoms with E-state index in [1.54, 1.807) is 16.8 Å². The number of rotatable bonds is 5. The molecule has 132 valence electrons. The van der Waals surface area contributed by atoms with Crippen LogP contribution in [0.4, 0.5) is 10.5 Å². The fourth-order valence-electron chi connectivity index (χ4n) is 2.85. The van der Waals surface area contributed by atoms with Crippen LogP contribution in [-0.2, 0) is 11.3 Å². The maximum absolute atomic E-state index is 12.1. The standard InChI is InChI=1S/C19H23N3O3/c1-19(8-10-25-14-19)13-20-18(24)21-16-6-4-5-15(11-16)12-22-9-3-2-7-17(22)23/h2-7,9,11H,8,10,12-14H2,1H3,(H2,20,21,24). The first kappa shape index (κ1) is 17.2. The Labute approximate surface area is 146 Å². The summed E-state index contributed by atoms with van der Waals surface area (Å²) >= 11 is 0. The van der Waals surface area contributed by atoms with Crippen LogP contribution in [0, 0.1) is 5.41 Å². The second-order valence-corrected chi connectivity index (χ2v) is 6.79. The van der Waals surface area contributed by atoms with Crippen molar-refractivity contribution >= 4 is 11.7 Å². The van der Waals surface area contributed by atoms with E-state index in [0.29, 0.717) is 25.4 Å². The van der Waals surface area contributed by atoms with Crippen molar-refractivity contribution in [3.05, 3.63) is 64.6 Å². The van der Waals surface area contributed by atoms with Crippen LogP contribution in [0.25, 0.3) is 0 Å². The molecule has 6 nitrogen and oxygen atoms in total. The van der Waals surface area contributed by atoms with Crippen molar-refractivity contribution < 1.29 is 9.53 Å². The van der Waals surface area contributed by atoms with E-state index >= 15 is 0 Å². The van der Waals surface area contributed by atoms with Crippen molar-refractivity contribution in [2.75, 3.05) is 25.1 Å². The van der Waals surface area contributed by atoms with E-state index in [0.717, 1.165) is 18.6 Å². The summed E-state index contributed by atoms with van der Waals surface area (Å²) in [7, 11) is 0. The van der Waals surface area contributed by atoms with Gasteiger partial charge in [-0.2, -0.15) is 0 Å². The van der Waals surface area contributed by atoms with Gasteiger partial charge in [0.2, 0.25) is 0 Å². The maximum atomic E-state index is 12.1. The summed E-state index contributed by atoms with van der Waals surface area (Å²) in [6.07, 6.45) is 2.70. The molecule has 1 unspecified atom stereocenters. The second kappa shape index (κ2) is 7.53. The Hall–Kier alpha value is -2.60. The Bertz CT molecular complexity index is 794. The average Bonchev–Trinajstić information content (AvgIpc) is 3.03. The number of carbonyl (C=O) groups excluding carboxylic acids is 1. The van der Waals surface area contributed by atoms with Gasteiger partial charge in [-0.3, -0.25) is 4.79 Å². The van der Waals surface area contributed by atoms with Crippen molar-refractivity contribution in [1.29, 1.82) is 0 Å². The topological polar surface area (TPSA) is 72.4 Å². The first-order valence-corrected chi connectivity index (χ1v) is 8.41. The fraction of sp³-hybridized carbons (Fsp3) is 0.368. The number of anilines is 1. The van der Waals surface area contributed by atoms with Crippen molar-refractivity contribution in [1.82, 2.24) is 9.88 Å². The number of pyridine rings is 1. The van der Waals surface area contributed by atoms with Crippen LogP contribution in [0.2, 0.25) is 0 Å². The molecule has 1 fully saturated rings. The Balaban J connectivity index is 1.58. The van der Waals surface area contributed by atoms with E-state index in [2.05, 4.69) is 17.6 Å². The van der Waals surface area contributed by atoms with Gasteiger partial charge < -0.3 is 19.9 Å². The molecular formula is C19H23N3O3. The number of hydrogen-bond donors (Lipinski definition) is 2. The van der Waals surface area contributed by atoms with E-state index < -0.39 is 0 Å². The quantitative estimate of drug-likeness (QED) is 0.877. The normalized spacial score (nSPS) is 19.6. The summed E-state index contributed by atoms with van der Waals surface area (Å²) in [5, 5.41) is 5.75. The number of aromatic nitrogens is 1. The van der Waals surface area contributed by atoms with E-state index in [4.69, 9.17) is 4.74 Å². The van der Waals surface area contributed by atoms with Gasteiger partial charge in [0, 0.05) is 36.5 Å². The molecule has 0 radical (unpaired) electrons. The molecule has 1 aromatic heterocycles. The molecule has 1 aromatic carbocycles. The third-order valence-corrected chi connectivity index (χ3v) is 4.41. The lowest BCUT2D eigenvalue weighted by Crippen LogP contribution is -2.38. The molecule has 1 atom stereocenters. The Morgan fingerprint density at radius 2 is 2.16 bits per heavy atom. The number of nitrogens with zero attached hydrogens (tertiary/aromatic N) is 1. The smallest absolute Gasteiger partial charge is 0.319 e. The summed E-state index contributed by atoms with van der Waals surface area (Å²) < 4.78 is 7.02. The predicted molar refractivity (Wildman–Crippen MR) is 96.8 cm³/mol. The van der Waals surface area contributed by atoms with Gasteiger partial charge in [0.15, 0.2) is 0 Å². The van der Waals surface area contributed by atoms with Crippen molar-refractivity contribution in [2.45, 2.75) is 19.9 Å². The van der Waals surface area contributed by atoms with E-state index in [-0.39, 0.29) is 17.0 Å². The molecule has 0 bridgehead atoms. The number of hydrogen-bond acceptors (Lipinski definition) is 3. The van der Waals surface area contributed by atoms with Crippen LogP contribution in [0.15, 0.2) is 53.5 Å². The third-order valence-electron chi connectivity index (χ3n) is 4.41. The molecule has 1 saturated heterocycles. The summed E-state index contributed by atoms with van der Waals surface area (Å²) in [6.45, 7) is 4.58. The average molecular weight is 341 g/mol. The summed E-state index contributed by atoms with van der Waals surface area (Å²) in [4.78, 5) is 23.9. The Morgan fingerprint density at radius 3 is 2.92 bits per heavy atom. The van der Waals surface area contributed by atoms with Crippen molar-refractivity contribution in [3.63, 3.8) is 0 Å². The molecule has 1 aliphatic heterocycles. The highest BCUT2D eigenvalue weighted by atomic mass is 16.5. The van der Waals surface area contributed by atoms with Crippen molar-refractivity contribution in [3.8, 4) is 0 Å². The summed E-state index contributed by atoms with van der Waals surface area (Å²) in [5.41, 5.74) is 1.60. The highest BCUT2D eigenvalue weighted by molar-refractivity contribution is 5.89. The molecule has 1 aliphatic rings. The molecule has 2 N–H and O–H groups in total. The monoisotopic (exact) mass is 341 g/mol. The molecule has 2 aromatic rings. The minimum absolute atomic E-state index is 0.00760. The van der Waals surface area contributed by atoms with Gasteiger partial charge in [-0.15, -0.1) is 0 Å². The predicted octanol–water partition coefficient (Wildman–Crippen LogP) is 2.44. The molecule has 0 saturated carbocycles. The number of urea groups is 1. The summed E-state index contributed by atoms with van der Waals surface area (Å²) in [5.74, 6) is 0. The first-order valence-electron chi connectivity index (χ1n) is 8.41. The molecular weight excluding hydrogens is 318 g/mol. The molecule has 2 heterocycles. The zero-order chi connectivity index (χ0) is 17.7. The van der Waals surface area contributed by atoms with Gasteiger partial charge in [0.25, 0.3) is 5.56 Å². The lowest BCUT2D eigenvalue weighted by molar-refractivity contribution is 0.159. The number of nitrogens with one attached hydrogen (secondary N) is 2. The van der Waals surface area contributed by atoms with Crippen molar-refractivity contribution in [2.24, 2.45) is 5.41 Å². The number of amides is 2. The van der Waals surface area contributed by atoms with Crippen LogP contribution < -0.4 is 16.2 Å². The van der Waals surface area contributed by atoms with Crippen LogP contribution in [-0.4, -0.2) is 30.4 Å². The first-order chi connectivity index (χ1) is 12.0. The number of benzene rings is 1. The van der Waals surface area contributed by atoms with Gasteiger partial charge in [0.05, 0.1) is 13.2 Å².